The van der Waals surface area contributed by atoms with E-state index in [2.05, 4.69) is 9.88 Å². The van der Waals surface area contributed by atoms with E-state index < -0.39 is 0 Å². The normalized spacial score (nSPS) is 26.5. The van der Waals surface area contributed by atoms with Gasteiger partial charge in [-0.3, -0.25) is 9.88 Å². The van der Waals surface area contributed by atoms with Gasteiger partial charge < -0.3 is 9.47 Å². The van der Waals surface area contributed by atoms with Crippen LogP contribution in [0.15, 0.2) is 48.8 Å². The van der Waals surface area contributed by atoms with Crippen LogP contribution in [0.3, 0.4) is 0 Å². The minimum Gasteiger partial charge on any atom is -0.374 e. The summed E-state index contributed by atoms with van der Waals surface area (Å²) in [6.07, 6.45) is 5.78. The van der Waals surface area contributed by atoms with E-state index >= 15 is 0 Å². The third-order valence-corrected chi connectivity index (χ3v) is 5.10. The van der Waals surface area contributed by atoms with Gasteiger partial charge in [-0.05, 0) is 30.5 Å². The van der Waals surface area contributed by atoms with Crippen LogP contribution in [0.5, 0.6) is 0 Å². The van der Waals surface area contributed by atoms with Crippen LogP contribution in [-0.2, 0) is 22.6 Å². The fourth-order valence-corrected chi connectivity index (χ4v) is 3.86. The zero-order valence-electron chi connectivity index (χ0n) is 14.2. The number of aromatic nitrogens is 1. The van der Waals surface area contributed by atoms with Crippen molar-refractivity contribution in [2.75, 3.05) is 13.2 Å². The van der Waals surface area contributed by atoms with Crippen molar-refractivity contribution >= 4 is 0 Å². The molecule has 0 unspecified atom stereocenters. The number of hydrogen-bond donors (Lipinski definition) is 0. The molecular formula is C20H23FN2O2. The summed E-state index contributed by atoms with van der Waals surface area (Å²) in [5, 5.41) is 0. The molecule has 2 fully saturated rings. The van der Waals surface area contributed by atoms with E-state index in [9.17, 15) is 4.39 Å². The molecule has 0 bridgehead atoms. The molecule has 5 heteroatoms. The minimum atomic E-state index is -0.143. The highest BCUT2D eigenvalue weighted by Gasteiger charge is 2.44. The predicted octanol–water partition coefficient (Wildman–Crippen LogP) is 3.17. The van der Waals surface area contributed by atoms with Gasteiger partial charge in [-0.25, -0.2) is 4.39 Å². The zero-order chi connectivity index (χ0) is 17.1. The lowest BCUT2D eigenvalue weighted by molar-refractivity contribution is -0.0819. The molecule has 2 aliphatic rings. The number of nitrogens with zero attached hydrogens (tertiary/aromatic N) is 2. The second kappa shape index (κ2) is 7.60. The predicted molar refractivity (Wildman–Crippen MR) is 92.4 cm³/mol. The highest BCUT2D eigenvalue weighted by atomic mass is 19.1. The molecule has 2 aromatic rings. The molecule has 0 aliphatic carbocycles. The van der Waals surface area contributed by atoms with Gasteiger partial charge in [-0.2, -0.15) is 0 Å². The largest absolute Gasteiger partial charge is 0.374 e. The van der Waals surface area contributed by atoms with Gasteiger partial charge in [0.25, 0.3) is 0 Å². The molecule has 0 spiro atoms. The van der Waals surface area contributed by atoms with Gasteiger partial charge in [0.15, 0.2) is 0 Å². The third-order valence-electron chi connectivity index (χ3n) is 5.10. The summed E-state index contributed by atoms with van der Waals surface area (Å²) in [5.41, 5.74) is 1.79. The Labute approximate surface area is 147 Å². The average Bonchev–Trinajstić information content (AvgIpc) is 3.01. The number of pyridine rings is 1. The summed E-state index contributed by atoms with van der Waals surface area (Å²) in [6, 6.07) is 11.2. The van der Waals surface area contributed by atoms with Crippen LogP contribution in [-0.4, -0.2) is 41.3 Å². The van der Waals surface area contributed by atoms with Crippen LogP contribution in [0.1, 0.15) is 24.0 Å². The molecule has 0 saturated carbocycles. The van der Waals surface area contributed by atoms with Gasteiger partial charge in [-0.15, -0.1) is 0 Å². The van der Waals surface area contributed by atoms with Crippen LogP contribution in [0.2, 0.25) is 0 Å². The Morgan fingerprint density at radius 3 is 3.00 bits per heavy atom. The number of hydrogen-bond acceptors (Lipinski definition) is 4. The van der Waals surface area contributed by atoms with Gasteiger partial charge in [0.1, 0.15) is 11.9 Å². The molecule has 132 valence electrons. The summed E-state index contributed by atoms with van der Waals surface area (Å²) in [7, 11) is 0. The summed E-state index contributed by atoms with van der Waals surface area (Å²) in [6.45, 7) is 2.67. The summed E-state index contributed by atoms with van der Waals surface area (Å²) < 4.78 is 26.2. The van der Waals surface area contributed by atoms with Gasteiger partial charge in [0.2, 0.25) is 0 Å². The smallest absolute Gasteiger partial charge is 0.127 e. The van der Waals surface area contributed by atoms with Crippen molar-refractivity contribution in [2.24, 2.45) is 0 Å². The van der Waals surface area contributed by atoms with Crippen LogP contribution in [0.25, 0.3) is 0 Å². The van der Waals surface area contributed by atoms with Gasteiger partial charge >= 0.3 is 0 Å². The van der Waals surface area contributed by atoms with Gasteiger partial charge in [0, 0.05) is 43.7 Å². The second-order valence-corrected chi connectivity index (χ2v) is 6.78. The van der Waals surface area contributed by atoms with E-state index in [-0.39, 0.29) is 18.0 Å². The molecule has 1 aromatic carbocycles. The SMILES string of the molecule is Fc1ccccc1CN1C[C@@H](OCc2cccnc2)[C@@H]2OCCC[C@@H]21. The first-order valence-corrected chi connectivity index (χ1v) is 8.91. The number of halogens is 1. The number of fused-ring (bicyclic) bond motifs is 1. The van der Waals surface area contributed by atoms with E-state index in [0.717, 1.165) is 37.1 Å². The molecule has 0 amide bonds. The minimum absolute atomic E-state index is 0.0114. The van der Waals surface area contributed by atoms with Crippen molar-refractivity contribution < 1.29 is 13.9 Å². The van der Waals surface area contributed by atoms with Crippen LogP contribution in [0, 0.1) is 5.82 Å². The first-order valence-electron chi connectivity index (χ1n) is 8.91. The maximum absolute atomic E-state index is 14.0. The Kier molecular flexibility index (Phi) is 5.06. The highest BCUT2D eigenvalue weighted by Crippen LogP contribution is 2.32. The monoisotopic (exact) mass is 342 g/mol. The fraction of sp³-hybridized carbons (Fsp3) is 0.450. The van der Waals surface area contributed by atoms with Gasteiger partial charge in [-0.1, -0.05) is 24.3 Å². The van der Waals surface area contributed by atoms with Crippen molar-refractivity contribution in [3.63, 3.8) is 0 Å². The maximum Gasteiger partial charge on any atom is 0.127 e. The van der Waals surface area contributed by atoms with E-state index in [4.69, 9.17) is 9.47 Å². The Morgan fingerprint density at radius 1 is 1.24 bits per heavy atom. The topological polar surface area (TPSA) is 34.6 Å². The van der Waals surface area contributed by atoms with Crippen molar-refractivity contribution in [2.45, 2.75) is 44.2 Å². The Balaban J connectivity index is 1.45. The van der Waals surface area contributed by atoms with Crippen molar-refractivity contribution in [3.8, 4) is 0 Å². The lowest BCUT2D eigenvalue weighted by atomic mass is 10.0. The molecule has 0 N–H and O–H groups in total. The Hall–Kier alpha value is -1.82. The number of ether oxygens (including phenoxy) is 2. The average molecular weight is 342 g/mol. The standard InChI is InChI=1S/C20H23FN2O2/c21-17-7-2-1-6-16(17)12-23-13-19(20-18(23)8-4-10-24-20)25-14-15-5-3-9-22-11-15/h1-3,5-7,9,11,18-20H,4,8,10,12-14H2/t18-,19+,20+/m0/s1. The first-order chi connectivity index (χ1) is 12.3. The van der Waals surface area contributed by atoms with E-state index in [1.807, 2.05) is 30.5 Å². The summed E-state index contributed by atoms with van der Waals surface area (Å²) >= 11 is 0. The van der Waals surface area contributed by atoms with Crippen molar-refractivity contribution in [1.29, 1.82) is 0 Å². The number of likely N-dealkylation sites (tertiary alicyclic amines) is 1. The highest BCUT2D eigenvalue weighted by molar-refractivity contribution is 5.18. The molecule has 2 aliphatic heterocycles. The molecule has 3 atom stereocenters. The Morgan fingerprint density at radius 2 is 2.16 bits per heavy atom. The molecule has 3 heterocycles. The molecule has 25 heavy (non-hydrogen) atoms. The lowest BCUT2D eigenvalue weighted by Gasteiger charge is -2.32. The molecule has 1 aromatic heterocycles. The van der Waals surface area contributed by atoms with Crippen molar-refractivity contribution in [1.82, 2.24) is 9.88 Å². The zero-order valence-corrected chi connectivity index (χ0v) is 14.2. The first kappa shape index (κ1) is 16.6. The van der Waals surface area contributed by atoms with Crippen molar-refractivity contribution in [3.05, 3.63) is 65.7 Å². The fourth-order valence-electron chi connectivity index (χ4n) is 3.86. The molecule has 2 saturated heterocycles. The van der Waals surface area contributed by atoms with E-state index in [0.29, 0.717) is 19.2 Å². The molecule has 4 nitrogen and oxygen atoms in total. The third kappa shape index (κ3) is 3.73. The van der Waals surface area contributed by atoms with Crippen LogP contribution in [0.4, 0.5) is 4.39 Å². The summed E-state index contributed by atoms with van der Waals surface area (Å²) in [5.74, 6) is -0.143. The van der Waals surface area contributed by atoms with Crippen LogP contribution >= 0.6 is 0 Å². The number of benzene rings is 1. The van der Waals surface area contributed by atoms with E-state index in [1.54, 1.807) is 12.3 Å². The molecule has 4 rings (SSSR count). The van der Waals surface area contributed by atoms with Crippen LogP contribution < -0.4 is 0 Å². The summed E-state index contributed by atoms with van der Waals surface area (Å²) in [4.78, 5) is 6.44. The maximum atomic E-state index is 14.0. The quantitative estimate of drug-likeness (QED) is 0.836. The lowest BCUT2D eigenvalue weighted by Crippen LogP contribution is -2.41. The molecule has 0 radical (unpaired) electrons. The van der Waals surface area contributed by atoms with Gasteiger partial charge in [0.05, 0.1) is 12.7 Å². The second-order valence-electron chi connectivity index (χ2n) is 6.78. The van der Waals surface area contributed by atoms with E-state index in [1.165, 1.54) is 6.07 Å². The molecular weight excluding hydrogens is 319 g/mol. The Bertz CT molecular complexity index is 697. The number of rotatable bonds is 5.